The van der Waals surface area contributed by atoms with Crippen LogP contribution in [0.3, 0.4) is 0 Å². The van der Waals surface area contributed by atoms with E-state index in [0.717, 1.165) is 48.3 Å². The van der Waals surface area contributed by atoms with E-state index >= 15 is 0 Å². The number of hydrogen-bond donors (Lipinski definition) is 1. The maximum atomic E-state index is 13.0. The van der Waals surface area contributed by atoms with Gasteiger partial charge in [-0.3, -0.25) is 9.59 Å². The van der Waals surface area contributed by atoms with Gasteiger partial charge in [0.25, 0.3) is 0 Å². The van der Waals surface area contributed by atoms with Crippen molar-refractivity contribution in [2.75, 3.05) is 38.5 Å². The van der Waals surface area contributed by atoms with Crippen LogP contribution in [0.5, 0.6) is 6.01 Å². The number of nitrogens with one attached hydrogen (secondary N) is 1. The van der Waals surface area contributed by atoms with E-state index in [2.05, 4.69) is 42.8 Å². The van der Waals surface area contributed by atoms with Crippen molar-refractivity contribution in [2.24, 2.45) is 5.92 Å². The number of rotatable bonds is 10. The van der Waals surface area contributed by atoms with E-state index in [4.69, 9.17) is 14.7 Å². The van der Waals surface area contributed by atoms with Gasteiger partial charge in [-0.15, -0.1) is 0 Å². The van der Waals surface area contributed by atoms with Crippen LogP contribution in [0.25, 0.3) is 5.65 Å². The highest BCUT2D eigenvalue weighted by molar-refractivity contribution is 5.89. The fourth-order valence-electron chi connectivity index (χ4n) is 5.43. The molecular weight excluding hydrogens is 506 g/mol. The van der Waals surface area contributed by atoms with Crippen molar-refractivity contribution in [1.82, 2.24) is 29.4 Å². The number of ketones is 1. The highest BCUT2D eigenvalue weighted by Gasteiger charge is 2.30. The summed E-state index contributed by atoms with van der Waals surface area (Å²) < 4.78 is 7.99. The second kappa shape index (κ2) is 12.2. The average Bonchev–Trinajstić information content (AvgIpc) is 3.61. The molecule has 2 fully saturated rings. The summed E-state index contributed by atoms with van der Waals surface area (Å²) >= 11 is 0. The second-order valence-electron chi connectivity index (χ2n) is 11.2. The Kier molecular flexibility index (Phi) is 8.44. The molecule has 4 heterocycles. The van der Waals surface area contributed by atoms with Crippen molar-refractivity contribution in [3.05, 3.63) is 59.8 Å². The molecule has 10 nitrogen and oxygen atoms in total. The number of ether oxygens (including phenoxy) is 1. The zero-order valence-corrected chi connectivity index (χ0v) is 23.7. The smallest absolute Gasteiger partial charge is 0.322 e. The van der Waals surface area contributed by atoms with E-state index < -0.39 is 0 Å². The van der Waals surface area contributed by atoms with Gasteiger partial charge >= 0.3 is 6.01 Å². The third-order valence-electron chi connectivity index (χ3n) is 7.88. The van der Waals surface area contributed by atoms with Gasteiger partial charge in [-0.05, 0) is 49.4 Å². The summed E-state index contributed by atoms with van der Waals surface area (Å²) in [7, 11) is 2.13. The minimum atomic E-state index is -0.127. The molecule has 2 aliphatic rings. The highest BCUT2D eigenvalue weighted by atomic mass is 16.5. The first-order chi connectivity index (χ1) is 19.3. The molecule has 1 N–H and O–H groups in total. The van der Waals surface area contributed by atoms with Crippen LogP contribution in [0.2, 0.25) is 0 Å². The fourth-order valence-corrected chi connectivity index (χ4v) is 5.43. The summed E-state index contributed by atoms with van der Waals surface area (Å²) in [5.41, 5.74) is 3.77. The molecule has 2 aliphatic heterocycles. The molecule has 40 heavy (non-hydrogen) atoms. The molecular formula is C30H39N7O3. The van der Waals surface area contributed by atoms with Gasteiger partial charge in [0.2, 0.25) is 11.9 Å². The largest absolute Gasteiger partial charge is 0.460 e. The molecule has 1 unspecified atom stereocenters. The first-order valence-electron chi connectivity index (χ1n) is 14.2. The summed E-state index contributed by atoms with van der Waals surface area (Å²) in [6.07, 6.45) is 6.18. The highest BCUT2D eigenvalue weighted by Crippen LogP contribution is 2.25. The Balaban J connectivity index is 1.28. The van der Waals surface area contributed by atoms with Gasteiger partial charge in [-0.1, -0.05) is 44.7 Å². The van der Waals surface area contributed by atoms with Gasteiger partial charge < -0.3 is 19.9 Å². The summed E-state index contributed by atoms with van der Waals surface area (Å²) in [6, 6.07) is 8.38. The predicted octanol–water partition coefficient (Wildman–Crippen LogP) is 3.48. The molecule has 0 saturated carbocycles. The number of benzene rings is 1. The van der Waals surface area contributed by atoms with Crippen LogP contribution in [-0.4, -0.2) is 80.4 Å². The summed E-state index contributed by atoms with van der Waals surface area (Å²) in [6.45, 7) is 11.4. The molecule has 1 aromatic carbocycles. The third-order valence-corrected chi connectivity index (χ3v) is 7.88. The van der Waals surface area contributed by atoms with Gasteiger partial charge in [0.15, 0.2) is 5.65 Å². The molecule has 2 aromatic heterocycles. The maximum Gasteiger partial charge on any atom is 0.322 e. The predicted molar refractivity (Wildman–Crippen MR) is 153 cm³/mol. The van der Waals surface area contributed by atoms with Crippen LogP contribution in [0.1, 0.15) is 55.7 Å². The van der Waals surface area contributed by atoms with Crippen LogP contribution < -0.4 is 10.1 Å². The van der Waals surface area contributed by atoms with E-state index in [1.807, 2.05) is 30.5 Å². The monoisotopic (exact) mass is 545 g/mol. The second-order valence-corrected chi connectivity index (χ2v) is 11.2. The minimum absolute atomic E-state index is 0.0907. The Hall–Kier alpha value is -3.79. The van der Waals surface area contributed by atoms with Gasteiger partial charge in [-0.2, -0.15) is 19.6 Å². The minimum Gasteiger partial charge on any atom is -0.460 e. The zero-order chi connectivity index (χ0) is 28.2. The zero-order valence-electron chi connectivity index (χ0n) is 23.7. The summed E-state index contributed by atoms with van der Waals surface area (Å²) in [5.74, 6) is 0.750. The number of carbonyl (C=O) groups is 2. The van der Waals surface area contributed by atoms with Crippen molar-refractivity contribution in [3.8, 4) is 6.01 Å². The molecule has 212 valence electrons. The van der Waals surface area contributed by atoms with Crippen LogP contribution in [0.15, 0.2) is 43.1 Å². The number of likely N-dealkylation sites (tertiary alicyclic amines) is 2. The Morgan fingerprint density at radius 1 is 1.15 bits per heavy atom. The topological polar surface area (TPSA) is 105 Å². The van der Waals surface area contributed by atoms with Gasteiger partial charge in [0.05, 0.1) is 6.20 Å². The SMILES string of the molecule is C=CC(=O)N1CCC(C(=O)Cc2cccc(CNc3nc(OC4CCN(C)CC4)nc4c(C(C)C)cnn34)c2)C1. The number of aromatic nitrogens is 4. The van der Waals surface area contributed by atoms with Crippen molar-refractivity contribution < 1.29 is 14.3 Å². The van der Waals surface area contributed by atoms with E-state index in [9.17, 15) is 9.59 Å². The van der Waals surface area contributed by atoms with Crippen molar-refractivity contribution >= 4 is 23.3 Å². The van der Waals surface area contributed by atoms with Crippen LogP contribution in [-0.2, 0) is 22.6 Å². The molecule has 0 radical (unpaired) electrons. The van der Waals surface area contributed by atoms with Crippen LogP contribution in [0.4, 0.5) is 5.95 Å². The molecule has 1 amide bonds. The van der Waals surface area contributed by atoms with E-state index in [1.54, 1.807) is 9.42 Å². The number of piperidine rings is 1. The first kappa shape index (κ1) is 27.8. The lowest BCUT2D eigenvalue weighted by Gasteiger charge is -2.28. The van der Waals surface area contributed by atoms with Gasteiger partial charge in [-0.25, -0.2) is 0 Å². The molecule has 0 spiro atoms. The number of amides is 1. The van der Waals surface area contributed by atoms with E-state index in [1.165, 1.54) is 6.08 Å². The first-order valence-corrected chi connectivity index (χ1v) is 14.2. The van der Waals surface area contributed by atoms with E-state index in [-0.39, 0.29) is 29.6 Å². The van der Waals surface area contributed by atoms with E-state index in [0.29, 0.717) is 44.4 Å². The Morgan fingerprint density at radius 2 is 1.93 bits per heavy atom. The number of Topliss-reactive ketones (excluding diaryl/α,β-unsaturated/α-hetero) is 1. The maximum absolute atomic E-state index is 13.0. The van der Waals surface area contributed by atoms with Crippen LogP contribution >= 0.6 is 0 Å². The summed E-state index contributed by atoms with van der Waals surface area (Å²) in [4.78, 5) is 38.3. The number of anilines is 1. The van der Waals surface area contributed by atoms with Crippen LogP contribution in [0, 0.1) is 5.92 Å². The number of carbonyl (C=O) groups excluding carboxylic acids is 2. The van der Waals surface area contributed by atoms with Gasteiger partial charge in [0.1, 0.15) is 11.9 Å². The molecule has 5 rings (SSSR count). The summed E-state index contributed by atoms with van der Waals surface area (Å²) in [5, 5.41) is 7.99. The van der Waals surface area contributed by atoms with Gasteiger partial charge in [0, 0.05) is 50.6 Å². The molecule has 1 atom stereocenters. The number of fused-ring (bicyclic) bond motifs is 1. The van der Waals surface area contributed by atoms with Crippen molar-refractivity contribution in [2.45, 2.75) is 58.1 Å². The molecule has 2 saturated heterocycles. The lowest BCUT2D eigenvalue weighted by atomic mass is 9.96. The molecule has 10 heteroatoms. The average molecular weight is 546 g/mol. The Bertz CT molecular complexity index is 1380. The molecule has 0 bridgehead atoms. The Morgan fingerprint density at radius 3 is 2.67 bits per heavy atom. The van der Waals surface area contributed by atoms with Crippen molar-refractivity contribution in [1.29, 1.82) is 0 Å². The lowest BCUT2D eigenvalue weighted by molar-refractivity contribution is -0.125. The third kappa shape index (κ3) is 6.33. The lowest BCUT2D eigenvalue weighted by Crippen LogP contribution is -2.36. The van der Waals surface area contributed by atoms with Crippen molar-refractivity contribution in [3.63, 3.8) is 0 Å². The standard InChI is InChI=1S/C30H39N7O3/c1-5-27(39)36-14-9-23(19-36)26(38)16-21-7-6-8-22(15-21)17-31-29-34-30(40-24-10-12-35(4)13-11-24)33-28-25(20(2)3)18-32-37(28)29/h5-8,15,18,20,23-24H,1,9-14,16-17,19H2,2-4H3,(H,31,33,34). The Labute approximate surface area is 235 Å². The normalized spacial score (nSPS) is 18.4. The number of nitrogens with zero attached hydrogens (tertiary/aromatic N) is 6. The molecule has 3 aromatic rings. The number of hydrogen-bond acceptors (Lipinski definition) is 8. The molecule has 0 aliphatic carbocycles. The fraction of sp³-hybridized carbons (Fsp3) is 0.500. The quantitative estimate of drug-likeness (QED) is 0.386.